The van der Waals surface area contributed by atoms with Gasteiger partial charge in [-0.3, -0.25) is 4.68 Å². The molecule has 4 nitrogen and oxygen atoms in total. The van der Waals surface area contributed by atoms with E-state index in [4.69, 9.17) is 10.8 Å². The van der Waals surface area contributed by atoms with Crippen LogP contribution in [-0.2, 0) is 20.0 Å². The van der Waals surface area contributed by atoms with Crippen molar-refractivity contribution in [2.24, 2.45) is 7.05 Å². The van der Waals surface area contributed by atoms with Gasteiger partial charge in [-0.05, 0) is 24.6 Å². The minimum absolute atomic E-state index is 0.831. The van der Waals surface area contributed by atoms with E-state index in [-0.39, 0.29) is 0 Å². The van der Waals surface area contributed by atoms with Crippen LogP contribution in [0, 0.1) is 0 Å². The van der Waals surface area contributed by atoms with Crippen LogP contribution in [0.3, 0.4) is 0 Å². The Labute approximate surface area is 123 Å². The zero-order chi connectivity index (χ0) is 14.4. The van der Waals surface area contributed by atoms with Gasteiger partial charge in [0, 0.05) is 35.9 Å². The van der Waals surface area contributed by atoms with E-state index in [0.29, 0.717) is 0 Å². The van der Waals surface area contributed by atoms with Gasteiger partial charge in [-0.2, -0.15) is 5.10 Å². The number of para-hydroxylation sites is 1. The fourth-order valence-electron chi connectivity index (χ4n) is 3.28. The summed E-state index contributed by atoms with van der Waals surface area (Å²) in [4.78, 5) is 2.38. The first-order chi connectivity index (χ1) is 10.2. The summed E-state index contributed by atoms with van der Waals surface area (Å²) in [6.45, 7) is 1.84. The maximum absolute atomic E-state index is 6.08. The van der Waals surface area contributed by atoms with Gasteiger partial charge in [-0.25, -0.2) is 0 Å². The maximum atomic E-state index is 6.08. The van der Waals surface area contributed by atoms with Crippen LogP contribution in [0.5, 0.6) is 0 Å². The molecule has 2 aromatic carbocycles. The van der Waals surface area contributed by atoms with E-state index >= 15 is 0 Å². The molecule has 0 amide bonds. The molecule has 1 aliphatic heterocycles. The van der Waals surface area contributed by atoms with Gasteiger partial charge in [0.15, 0.2) is 0 Å². The molecule has 0 atom stereocenters. The number of hydrogen-bond donors (Lipinski definition) is 1. The number of nitrogens with zero attached hydrogens (tertiary/aromatic N) is 3. The monoisotopic (exact) mass is 278 g/mol. The average molecular weight is 278 g/mol. The van der Waals surface area contributed by atoms with Gasteiger partial charge >= 0.3 is 0 Å². The molecule has 106 valence electrons. The van der Waals surface area contributed by atoms with Gasteiger partial charge in [0.2, 0.25) is 0 Å². The number of hydrogen-bond acceptors (Lipinski definition) is 3. The second-order valence-corrected chi connectivity index (χ2v) is 5.60. The van der Waals surface area contributed by atoms with Crippen LogP contribution >= 0.6 is 0 Å². The fraction of sp³-hybridized carbons (Fsp3) is 0.235. The van der Waals surface area contributed by atoms with E-state index in [0.717, 1.165) is 30.9 Å². The molecule has 2 heterocycles. The molecule has 4 rings (SSSR count). The van der Waals surface area contributed by atoms with Gasteiger partial charge in [0.1, 0.15) is 0 Å². The van der Waals surface area contributed by atoms with Crippen molar-refractivity contribution in [3.63, 3.8) is 0 Å². The molecule has 2 N–H and O–H groups in total. The van der Waals surface area contributed by atoms with Crippen LogP contribution in [0.25, 0.3) is 10.9 Å². The molecule has 0 aliphatic carbocycles. The first kappa shape index (κ1) is 12.3. The predicted octanol–water partition coefficient (Wildman–Crippen LogP) is 2.72. The molecular formula is C17H18N4. The lowest BCUT2D eigenvalue weighted by molar-refractivity contribution is 0.741. The van der Waals surface area contributed by atoms with Crippen molar-refractivity contribution in [3.05, 3.63) is 53.7 Å². The van der Waals surface area contributed by atoms with Gasteiger partial charge in [-0.15, -0.1) is 0 Å². The molecule has 0 spiro atoms. The summed E-state index contributed by atoms with van der Waals surface area (Å²) in [5.41, 5.74) is 11.8. The Morgan fingerprint density at radius 3 is 2.90 bits per heavy atom. The number of nitrogens with two attached hydrogens (primary N) is 1. The lowest BCUT2D eigenvalue weighted by Gasteiger charge is -2.18. The molecule has 21 heavy (non-hydrogen) atoms. The molecule has 1 aliphatic rings. The third-order valence-electron chi connectivity index (χ3n) is 4.33. The number of nitrogen functional groups attached to an aromatic ring is 1. The van der Waals surface area contributed by atoms with Crippen molar-refractivity contribution < 1.29 is 0 Å². The summed E-state index contributed by atoms with van der Waals surface area (Å²) in [6.07, 6.45) is 1.02. The van der Waals surface area contributed by atoms with Crippen molar-refractivity contribution >= 4 is 22.3 Å². The van der Waals surface area contributed by atoms with Gasteiger partial charge in [0.05, 0.1) is 17.8 Å². The summed E-state index contributed by atoms with van der Waals surface area (Å²) in [5, 5.41) is 5.93. The van der Waals surface area contributed by atoms with Crippen molar-refractivity contribution in [2.75, 3.05) is 17.2 Å². The normalized spacial score (nSPS) is 13.9. The second-order valence-electron chi connectivity index (χ2n) is 5.60. The molecule has 0 saturated heterocycles. The van der Waals surface area contributed by atoms with Crippen LogP contribution in [0.2, 0.25) is 0 Å². The fourth-order valence-corrected chi connectivity index (χ4v) is 3.28. The molecule has 0 unspecified atom stereocenters. The van der Waals surface area contributed by atoms with Crippen LogP contribution in [0.15, 0.2) is 42.5 Å². The minimum atomic E-state index is 0.831. The molecular weight excluding hydrogens is 260 g/mol. The molecule has 0 bridgehead atoms. The average Bonchev–Trinajstić information content (AvgIpc) is 3.04. The Morgan fingerprint density at radius 2 is 2.00 bits per heavy atom. The summed E-state index contributed by atoms with van der Waals surface area (Å²) in [6, 6.07) is 14.6. The van der Waals surface area contributed by atoms with E-state index in [9.17, 15) is 0 Å². The first-order valence-electron chi connectivity index (χ1n) is 7.27. The van der Waals surface area contributed by atoms with E-state index in [1.807, 2.05) is 23.9 Å². The number of aromatic nitrogens is 2. The molecule has 0 fully saturated rings. The Morgan fingerprint density at radius 1 is 1.14 bits per heavy atom. The summed E-state index contributed by atoms with van der Waals surface area (Å²) in [5.74, 6) is 0. The highest BCUT2D eigenvalue weighted by Crippen LogP contribution is 2.33. The third kappa shape index (κ3) is 1.87. The van der Waals surface area contributed by atoms with Crippen LogP contribution < -0.4 is 10.6 Å². The second kappa shape index (κ2) is 4.52. The lowest BCUT2D eigenvalue weighted by Crippen LogP contribution is -2.20. The van der Waals surface area contributed by atoms with E-state index in [2.05, 4.69) is 35.2 Å². The maximum Gasteiger partial charge on any atom is 0.0896 e. The van der Waals surface area contributed by atoms with Gasteiger partial charge in [-0.1, -0.05) is 24.3 Å². The molecule has 1 aromatic heterocycles. The van der Waals surface area contributed by atoms with Crippen LogP contribution in [0.1, 0.15) is 11.3 Å². The lowest BCUT2D eigenvalue weighted by atomic mass is 10.1. The molecule has 0 radical (unpaired) electrons. The molecule has 4 heteroatoms. The Balaban J connectivity index is 1.73. The van der Waals surface area contributed by atoms with Crippen molar-refractivity contribution in [2.45, 2.75) is 13.0 Å². The molecule has 3 aromatic rings. The summed E-state index contributed by atoms with van der Waals surface area (Å²) >= 11 is 0. The highest BCUT2D eigenvalue weighted by molar-refractivity contribution is 5.82. The Bertz CT molecular complexity index is 819. The highest BCUT2D eigenvalue weighted by Gasteiger charge is 2.22. The Kier molecular flexibility index (Phi) is 2.64. The van der Waals surface area contributed by atoms with Crippen molar-refractivity contribution in [1.82, 2.24) is 9.78 Å². The number of anilines is 2. The summed E-state index contributed by atoms with van der Waals surface area (Å²) in [7, 11) is 2.00. The van der Waals surface area contributed by atoms with Gasteiger partial charge < -0.3 is 10.6 Å². The zero-order valence-electron chi connectivity index (χ0n) is 12.1. The standard InChI is InChI=1S/C17H18N4/c1-20-16-7-3-2-5-13(16)15(19-20)11-21-10-9-12-14(18)6-4-8-17(12)21/h2-8H,9-11,18H2,1H3. The minimum Gasteiger partial charge on any atom is -0.398 e. The van der Waals surface area contributed by atoms with E-state index < -0.39 is 0 Å². The highest BCUT2D eigenvalue weighted by atomic mass is 15.3. The van der Waals surface area contributed by atoms with Crippen LogP contribution in [-0.4, -0.2) is 16.3 Å². The zero-order valence-corrected chi connectivity index (χ0v) is 12.1. The largest absolute Gasteiger partial charge is 0.398 e. The Hall–Kier alpha value is -2.49. The summed E-state index contributed by atoms with van der Waals surface area (Å²) < 4.78 is 1.96. The molecule has 0 saturated carbocycles. The van der Waals surface area contributed by atoms with Gasteiger partial charge in [0.25, 0.3) is 0 Å². The predicted molar refractivity (Wildman–Crippen MR) is 86.3 cm³/mol. The SMILES string of the molecule is Cn1nc(CN2CCc3c(N)cccc32)c2ccccc21. The van der Waals surface area contributed by atoms with E-state index in [1.165, 1.54) is 22.2 Å². The topological polar surface area (TPSA) is 47.1 Å². The number of fused-ring (bicyclic) bond motifs is 2. The quantitative estimate of drug-likeness (QED) is 0.733. The number of aryl methyl sites for hydroxylation is 1. The van der Waals surface area contributed by atoms with Crippen LogP contribution in [0.4, 0.5) is 11.4 Å². The van der Waals surface area contributed by atoms with E-state index in [1.54, 1.807) is 0 Å². The number of benzene rings is 2. The third-order valence-corrected chi connectivity index (χ3v) is 4.33. The first-order valence-corrected chi connectivity index (χ1v) is 7.27. The number of rotatable bonds is 2. The van der Waals surface area contributed by atoms with Crippen molar-refractivity contribution in [3.8, 4) is 0 Å². The smallest absolute Gasteiger partial charge is 0.0896 e. The van der Waals surface area contributed by atoms with Crippen molar-refractivity contribution in [1.29, 1.82) is 0 Å².